The van der Waals surface area contributed by atoms with Gasteiger partial charge in [-0.1, -0.05) is 72.3 Å². The maximum absolute atomic E-state index is 12.3. The zero-order valence-electron chi connectivity index (χ0n) is 10.5. The van der Waals surface area contributed by atoms with E-state index in [1.807, 2.05) is 66.7 Å². The van der Waals surface area contributed by atoms with E-state index in [-0.39, 0.29) is 5.78 Å². The highest BCUT2D eigenvalue weighted by Crippen LogP contribution is 2.50. The van der Waals surface area contributed by atoms with E-state index in [4.69, 9.17) is 11.6 Å². The van der Waals surface area contributed by atoms with E-state index in [0.717, 1.165) is 11.1 Å². The Morgan fingerprint density at radius 3 is 1.90 bits per heavy atom. The summed E-state index contributed by atoms with van der Waals surface area (Å²) in [6.07, 6.45) is 0. The van der Waals surface area contributed by atoms with Crippen molar-refractivity contribution in [1.82, 2.24) is 0 Å². The molecule has 0 N–H and O–H groups in total. The van der Waals surface area contributed by atoms with Gasteiger partial charge in [-0.05, 0) is 11.1 Å². The molecule has 96 valence electrons. The average Bonchev–Trinajstić information content (AvgIpc) is 2.52. The molecule has 0 radical (unpaired) electrons. The van der Waals surface area contributed by atoms with Crippen molar-refractivity contribution >= 4 is 28.5 Å². The molecule has 3 heteroatoms. The fourth-order valence-corrected chi connectivity index (χ4v) is 2.74. The summed E-state index contributed by atoms with van der Waals surface area (Å²) in [6.45, 7) is 0. The van der Waals surface area contributed by atoms with Gasteiger partial charge in [0.2, 0.25) is 10.7 Å². The molecule has 20 heavy (non-hydrogen) atoms. The van der Waals surface area contributed by atoms with E-state index in [1.165, 1.54) is 0 Å². The van der Waals surface area contributed by atoms with Gasteiger partial charge in [0.15, 0.2) is 0 Å². The number of halogens is 1. The molecule has 1 atom stereocenters. The molecule has 0 fully saturated rings. The standard InChI is InChI=1S/C17H10ClNO/c18-17(11-19)15(13-9-5-2-6-10-13)14(16(17)20)12-7-3-1-4-8-12/h1-10H. The number of carbonyl (C=O) groups is 1. The maximum atomic E-state index is 12.3. The third kappa shape index (κ3) is 1.68. The predicted molar refractivity (Wildman–Crippen MR) is 78.9 cm³/mol. The smallest absolute Gasteiger partial charge is 0.219 e. The lowest BCUT2D eigenvalue weighted by atomic mass is 9.70. The van der Waals surface area contributed by atoms with Crippen LogP contribution in [-0.2, 0) is 4.79 Å². The number of allylic oxidation sites excluding steroid dienone is 2. The minimum Gasteiger partial charge on any atom is -0.291 e. The Balaban J connectivity index is 2.26. The van der Waals surface area contributed by atoms with Crippen molar-refractivity contribution in [2.75, 3.05) is 0 Å². The van der Waals surface area contributed by atoms with Crippen LogP contribution in [0, 0.1) is 11.3 Å². The zero-order valence-corrected chi connectivity index (χ0v) is 11.3. The van der Waals surface area contributed by atoms with Crippen molar-refractivity contribution in [3.63, 3.8) is 0 Å². The van der Waals surface area contributed by atoms with Crippen LogP contribution in [0.3, 0.4) is 0 Å². The Morgan fingerprint density at radius 2 is 1.40 bits per heavy atom. The highest BCUT2D eigenvalue weighted by molar-refractivity contribution is 6.62. The van der Waals surface area contributed by atoms with Crippen LogP contribution in [-0.4, -0.2) is 10.7 Å². The van der Waals surface area contributed by atoms with Crippen LogP contribution < -0.4 is 0 Å². The molecule has 2 aromatic carbocycles. The third-order valence-electron chi connectivity index (χ3n) is 3.41. The predicted octanol–water partition coefficient (Wildman–Crippen LogP) is 3.68. The van der Waals surface area contributed by atoms with Crippen LogP contribution >= 0.6 is 11.6 Å². The molecule has 0 bridgehead atoms. The summed E-state index contributed by atoms with van der Waals surface area (Å²) in [5.41, 5.74) is 2.73. The second-order valence-corrected chi connectivity index (χ2v) is 5.15. The Hall–Kier alpha value is -2.37. The first kappa shape index (κ1) is 12.7. The summed E-state index contributed by atoms with van der Waals surface area (Å²) >= 11 is 6.22. The van der Waals surface area contributed by atoms with Crippen LogP contribution in [0.2, 0.25) is 0 Å². The number of hydrogen-bond donors (Lipinski definition) is 0. The Bertz CT molecular complexity index is 744. The van der Waals surface area contributed by atoms with Crippen LogP contribution in [0.25, 0.3) is 11.1 Å². The summed E-state index contributed by atoms with van der Waals surface area (Å²) in [5, 5.41) is 9.28. The maximum Gasteiger partial charge on any atom is 0.219 e. The SMILES string of the molecule is N#CC1(Cl)C(=O)C(c2ccccc2)=C1c1ccccc1. The normalized spacial score (nSPS) is 21.3. The summed E-state index contributed by atoms with van der Waals surface area (Å²) < 4.78 is 0. The monoisotopic (exact) mass is 279 g/mol. The van der Waals surface area contributed by atoms with Crippen LogP contribution in [0.1, 0.15) is 11.1 Å². The fourth-order valence-electron chi connectivity index (χ4n) is 2.44. The van der Waals surface area contributed by atoms with E-state index in [0.29, 0.717) is 11.1 Å². The fraction of sp³-hybridized carbons (Fsp3) is 0.0588. The average molecular weight is 280 g/mol. The van der Waals surface area contributed by atoms with E-state index in [9.17, 15) is 10.1 Å². The highest BCUT2D eigenvalue weighted by Gasteiger charge is 2.53. The molecular weight excluding hydrogens is 270 g/mol. The summed E-state index contributed by atoms with van der Waals surface area (Å²) in [6, 6.07) is 20.6. The third-order valence-corrected chi connectivity index (χ3v) is 3.86. The van der Waals surface area contributed by atoms with E-state index < -0.39 is 4.87 Å². The van der Waals surface area contributed by atoms with Crippen molar-refractivity contribution in [3.05, 3.63) is 71.8 Å². The number of nitriles is 1. The molecule has 0 amide bonds. The molecule has 0 spiro atoms. The van der Waals surface area contributed by atoms with Gasteiger partial charge in [0.05, 0.1) is 6.07 Å². The Labute approximate surface area is 121 Å². The van der Waals surface area contributed by atoms with Gasteiger partial charge in [-0.2, -0.15) is 5.26 Å². The Morgan fingerprint density at radius 1 is 0.900 bits per heavy atom. The molecule has 0 aromatic heterocycles. The molecule has 0 aliphatic heterocycles. The first-order valence-electron chi connectivity index (χ1n) is 6.19. The van der Waals surface area contributed by atoms with E-state index in [2.05, 4.69) is 0 Å². The molecule has 0 heterocycles. The van der Waals surface area contributed by atoms with Gasteiger partial charge in [0.25, 0.3) is 0 Å². The molecule has 2 aromatic rings. The number of carbonyl (C=O) groups excluding carboxylic acids is 1. The van der Waals surface area contributed by atoms with Crippen molar-refractivity contribution in [2.24, 2.45) is 0 Å². The number of Topliss-reactive ketones (excluding diaryl/α,β-unsaturated/α-hetero) is 1. The topological polar surface area (TPSA) is 40.9 Å². The van der Waals surface area contributed by atoms with Crippen molar-refractivity contribution in [3.8, 4) is 6.07 Å². The summed E-state index contributed by atoms with van der Waals surface area (Å²) in [7, 11) is 0. The lowest BCUT2D eigenvalue weighted by Gasteiger charge is -2.34. The number of benzene rings is 2. The molecule has 0 saturated carbocycles. The molecule has 0 saturated heterocycles. The first-order chi connectivity index (χ1) is 9.68. The van der Waals surface area contributed by atoms with Crippen LogP contribution in [0.4, 0.5) is 0 Å². The molecule has 1 aliphatic carbocycles. The zero-order chi connectivity index (χ0) is 14.2. The summed E-state index contributed by atoms with van der Waals surface area (Å²) in [4.78, 5) is 10.7. The second kappa shape index (κ2) is 4.63. The number of nitrogens with zero attached hydrogens (tertiary/aromatic N) is 1. The number of hydrogen-bond acceptors (Lipinski definition) is 2. The van der Waals surface area contributed by atoms with Gasteiger partial charge in [-0.15, -0.1) is 0 Å². The lowest BCUT2D eigenvalue weighted by molar-refractivity contribution is -0.114. The minimum absolute atomic E-state index is 0.327. The molecule has 2 nitrogen and oxygen atoms in total. The number of ketones is 1. The van der Waals surface area contributed by atoms with Gasteiger partial charge in [-0.3, -0.25) is 4.79 Å². The molecular formula is C17H10ClNO. The van der Waals surface area contributed by atoms with Gasteiger partial charge in [0, 0.05) is 11.1 Å². The Kier molecular flexibility index (Phi) is 2.93. The summed E-state index contributed by atoms with van der Waals surface area (Å²) in [5.74, 6) is -0.327. The second-order valence-electron chi connectivity index (χ2n) is 4.58. The van der Waals surface area contributed by atoms with Crippen LogP contribution in [0.5, 0.6) is 0 Å². The largest absolute Gasteiger partial charge is 0.291 e. The molecule has 3 rings (SSSR count). The van der Waals surface area contributed by atoms with Gasteiger partial charge >= 0.3 is 0 Å². The first-order valence-corrected chi connectivity index (χ1v) is 6.57. The van der Waals surface area contributed by atoms with Gasteiger partial charge in [-0.25, -0.2) is 0 Å². The highest BCUT2D eigenvalue weighted by atomic mass is 35.5. The van der Waals surface area contributed by atoms with Crippen molar-refractivity contribution in [1.29, 1.82) is 5.26 Å². The number of rotatable bonds is 2. The van der Waals surface area contributed by atoms with Crippen molar-refractivity contribution < 1.29 is 4.79 Å². The quantitative estimate of drug-likeness (QED) is 0.787. The van der Waals surface area contributed by atoms with E-state index >= 15 is 0 Å². The number of alkyl halides is 1. The van der Waals surface area contributed by atoms with Crippen LogP contribution in [0.15, 0.2) is 60.7 Å². The molecule has 1 aliphatic rings. The van der Waals surface area contributed by atoms with Gasteiger partial charge < -0.3 is 0 Å². The van der Waals surface area contributed by atoms with E-state index in [1.54, 1.807) is 0 Å². The minimum atomic E-state index is -1.56. The van der Waals surface area contributed by atoms with Gasteiger partial charge in [0.1, 0.15) is 0 Å². The lowest BCUT2D eigenvalue weighted by Crippen LogP contribution is -2.43. The van der Waals surface area contributed by atoms with Crippen molar-refractivity contribution in [2.45, 2.75) is 4.87 Å². The molecule has 1 unspecified atom stereocenters.